The van der Waals surface area contributed by atoms with E-state index in [2.05, 4.69) is 32.7 Å². The summed E-state index contributed by atoms with van der Waals surface area (Å²) in [5.74, 6) is 1.73. The van der Waals surface area contributed by atoms with Crippen LogP contribution < -0.4 is 20.1 Å². The molecule has 4 atom stereocenters. The van der Waals surface area contributed by atoms with Crippen molar-refractivity contribution < 1.29 is 28.7 Å². The minimum Gasteiger partial charge on any atom is -0.488 e. The van der Waals surface area contributed by atoms with Gasteiger partial charge in [-0.1, -0.05) is 88.4 Å². The lowest BCUT2D eigenvalue weighted by Gasteiger charge is -2.30. The molecule has 0 aliphatic carbocycles. The summed E-state index contributed by atoms with van der Waals surface area (Å²) < 4.78 is 13.0. The molecule has 14 heteroatoms. The highest BCUT2D eigenvalue weighted by Crippen LogP contribution is 2.51. The number of H-pyrrole nitrogens is 2. The SMILES string of the molecule is CC(C)C(=O)NC(C(=O)N1CCCC1c1ncc(-c2cc3c4c(c2)OCc2cc(-c5cnc(C6CCCN6C(=O)C(NC(=O)C(C)C)c6ccccc6)[nH]5)cc(c2-4)OC3)[nH]1)c1ccccc1. The van der Waals surface area contributed by atoms with Crippen LogP contribution in [0.15, 0.2) is 97.3 Å². The highest BCUT2D eigenvalue weighted by atomic mass is 16.5. The van der Waals surface area contributed by atoms with Crippen molar-refractivity contribution in [2.24, 2.45) is 11.8 Å². The average molecular weight is 887 g/mol. The van der Waals surface area contributed by atoms with Crippen molar-refractivity contribution in [3.05, 3.63) is 131 Å². The first-order chi connectivity index (χ1) is 32.0. The molecule has 66 heavy (non-hydrogen) atoms. The highest BCUT2D eigenvalue weighted by Gasteiger charge is 2.39. The summed E-state index contributed by atoms with van der Waals surface area (Å²) in [4.78, 5) is 74.5. The monoisotopic (exact) mass is 886 g/mol. The van der Waals surface area contributed by atoms with Gasteiger partial charge < -0.3 is 39.9 Å². The Morgan fingerprint density at radius 3 is 1.41 bits per heavy atom. The maximum absolute atomic E-state index is 14.2. The molecule has 2 aromatic heterocycles. The van der Waals surface area contributed by atoms with Gasteiger partial charge in [-0.15, -0.1) is 0 Å². The van der Waals surface area contributed by atoms with Crippen molar-refractivity contribution in [1.82, 2.24) is 40.4 Å². The van der Waals surface area contributed by atoms with E-state index in [1.54, 1.807) is 0 Å². The van der Waals surface area contributed by atoms with E-state index in [0.29, 0.717) is 38.0 Å². The lowest BCUT2D eigenvalue weighted by molar-refractivity contribution is -0.138. The van der Waals surface area contributed by atoms with Crippen LogP contribution >= 0.6 is 0 Å². The minimum absolute atomic E-state index is 0.153. The van der Waals surface area contributed by atoms with Gasteiger partial charge in [-0.3, -0.25) is 19.2 Å². The normalized spacial score (nSPS) is 18.1. The molecule has 338 valence electrons. The number of likely N-dealkylation sites (tertiary alicyclic amines) is 2. The Kier molecular flexibility index (Phi) is 11.4. The molecule has 6 aromatic rings. The molecule has 4 N–H and O–H groups in total. The van der Waals surface area contributed by atoms with Crippen molar-refractivity contribution in [2.75, 3.05) is 13.1 Å². The fourth-order valence-electron chi connectivity index (χ4n) is 9.74. The Hall–Kier alpha value is -7.22. The topological polar surface area (TPSA) is 175 Å². The fourth-order valence-corrected chi connectivity index (χ4v) is 9.74. The van der Waals surface area contributed by atoms with Crippen LogP contribution in [-0.2, 0) is 32.4 Å². The maximum atomic E-state index is 14.2. The highest BCUT2D eigenvalue weighted by molar-refractivity contribution is 5.91. The molecule has 0 radical (unpaired) electrons. The number of imidazole rings is 2. The Labute approximate surface area is 383 Å². The zero-order valence-corrected chi connectivity index (χ0v) is 37.6. The number of benzene rings is 4. The Morgan fingerprint density at radius 2 is 1.02 bits per heavy atom. The number of carbonyl (C=O) groups is 4. The quantitative estimate of drug-likeness (QED) is 0.0950. The van der Waals surface area contributed by atoms with E-state index in [1.165, 1.54) is 0 Å². The molecule has 14 nitrogen and oxygen atoms in total. The predicted molar refractivity (Wildman–Crippen MR) is 247 cm³/mol. The molecular weight excluding hydrogens is 833 g/mol. The van der Waals surface area contributed by atoms with Crippen molar-refractivity contribution >= 4 is 23.6 Å². The average Bonchev–Trinajstić information content (AvgIpc) is 4.19. The second-order valence-electron chi connectivity index (χ2n) is 18.4. The van der Waals surface area contributed by atoms with E-state index in [4.69, 9.17) is 19.4 Å². The second kappa shape index (κ2) is 17.6. The number of aromatic amines is 2. The van der Waals surface area contributed by atoms with Crippen LogP contribution in [0.2, 0.25) is 0 Å². The largest absolute Gasteiger partial charge is 0.488 e. The number of nitrogens with one attached hydrogen (secondary N) is 4. The van der Waals surface area contributed by atoms with Gasteiger partial charge in [-0.05, 0) is 61.1 Å². The third kappa shape index (κ3) is 7.98. The number of amides is 4. The molecule has 2 saturated heterocycles. The lowest BCUT2D eigenvalue weighted by Crippen LogP contribution is -2.44. The molecular formula is C52H54N8O6. The van der Waals surface area contributed by atoms with E-state index in [-0.39, 0.29) is 47.5 Å². The maximum Gasteiger partial charge on any atom is 0.250 e. The number of nitrogens with zero attached hydrogens (tertiary/aromatic N) is 4. The van der Waals surface area contributed by atoms with Crippen LogP contribution in [0.25, 0.3) is 33.6 Å². The van der Waals surface area contributed by atoms with Crippen LogP contribution in [0.3, 0.4) is 0 Å². The molecule has 0 bridgehead atoms. The lowest BCUT2D eigenvalue weighted by atomic mass is 9.87. The summed E-state index contributed by atoms with van der Waals surface area (Å²) in [7, 11) is 0. The third-order valence-corrected chi connectivity index (χ3v) is 13.3. The van der Waals surface area contributed by atoms with Gasteiger partial charge in [0, 0.05) is 58.3 Å². The number of rotatable bonds is 12. The zero-order chi connectivity index (χ0) is 45.6. The third-order valence-electron chi connectivity index (χ3n) is 13.3. The fraction of sp³-hybridized carbons (Fsp3) is 0.346. The van der Waals surface area contributed by atoms with Gasteiger partial charge in [0.05, 0.1) is 35.9 Å². The van der Waals surface area contributed by atoms with Crippen LogP contribution in [0, 0.1) is 11.8 Å². The number of hydrogen-bond acceptors (Lipinski definition) is 8. The van der Waals surface area contributed by atoms with Gasteiger partial charge in [0.25, 0.3) is 0 Å². The second-order valence-corrected chi connectivity index (χ2v) is 18.4. The summed E-state index contributed by atoms with van der Waals surface area (Å²) in [6.07, 6.45) is 6.76. The molecule has 4 aromatic carbocycles. The molecule has 4 aliphatic rings. The van der Waals surface area contributed by atoms with Gasteiger partial charge in [0.15, 0.2) is 0 Å². The summed E-state index contributed by atoms with van der Waals surface area (Å²) in [6.45, 7) is 9.09. The van der Waals surface area contributed by atoms with E-state index in [9.17, 15) is 19.2 Å². The van der Waals surface area contributed by atoms with Crippen molar-refractivity contribution in [3.8, 4) is 45.1 Å². The summed E-state index contributed by atoms with van der Waals surface area (Å²) in [5.41, 5.74) is 8.92. The molecule has 4 amide bonds. The number of ether oxygens (including phenoxy) is 2. The number of carbonyl (C=O) groups excluding carboxylic acids is 4. The number of hydrogen-bond donors (Lipinski definition) is 4. The standard InChI is InChI=1S/C52H54N8O6/c1-29(2)49(61)57-45(31-13-7-5-8-14-31)51(63)59-19-11-17-39(59)47-53-25-37(55-47)33-21-35-27-66-42-24-34(22-36-28-65-41(23-33)43(35)44(36)42)38-26-54-48(56-38)40-18-12-20-60(40)52(64)46(58-50(62)30(3)4)32-15-9-6-10-16-32/h5-10,13-16,21-26,29-30,39-40,45-46H,11-12,17-20,27-28H2,1-4H3,(H,53,55)(H,54,56)(H,57,61)(H,58,62). The molecule has 0 saturated carbocycles. The van der Waals surface area contributed by atoms with Crippen molar-refractivity contribution in [1.29, 1.82) is 0 Å². The van der Waals surface area contributed by atoms with Crippen LogP contribution in [0.1, 0.15) is 111 Å². The summed E-state index contributed by atoms with van der Waals surface area (Å²) >= 11 is 0. The van der Waals surface area contributed by atoms with Crippen LogP contribution in [0.5, 0.6) is 11.5 Å². The Balaban J connectivity index is 0.876. The molecule has 4 aliphatic heterocycles. The zero-order valence-electron chi connectivity index (χ0n) is 37.6. The van der Waals surface area contributed by atoms with E-state index in [0.717, 1.165) is 93.1 Å². The molecule has 10 rings (SSSR count). The van der Waals surface area contributed by atoms with Crippen LogP contribution in [0.4, 0.5) is 0 Å². The van der Waals surface area contributed by atoms with Crippen molar-refractivity contribution in [3.63, 3.8) is 0 Å². The first-order valence-corrected chi connectivity index (χ1v) is 23.0. The van der Waals surface area contributed by atoms with E-state index >= 15 is 0 Å². The molecule has 4 unspecified atom stereocenters. The van der Waals surface area contributed by atoms with Gasteiger partial charge in [0.1, 0.15) is 48.4 Å². The Bertz CT molecular complexity index is 2580. The first kappa shape index (κ1) is 42.7. The van der Waals surface area contributed by atoms with Gasteiger partial charge in [-0.25, -0.2) is 9.97 Å². The van der Waals surface area contributed by atoms with Crippen molar-refractivity contribution in [2.45, 2.75) is 90.8 Å². The smallest absolute Gasteiger partial charge is 0.250 e. The summed E-state index contributed by atoms with van der Waals surface area (Å²) in [5, 5.41) is 5.99. The Morgan fingerprint density at radius 1 is 0.606 bits per heavy atom. The first-order valence-electron chi connectivity index (χ1n) is 23.0. The predicted octanol–water partition coefficient (Wildman–Crippen LogP) is 8.27. The minimum atomic E-state index is -0.798. The molecule has 0 spiro atoms. The van der Waals surface area contributed by atoms with Crippen LogP contribution in [-0.4, -0.2) is 66.5 Å². The summed E-state index contributed by atoms with van der Waals surface area (Å²) in [6, 6.07) is 25.0. The molecule has 6 heterocycles. The van der Waals surface area contributed by atoms with E-state index in [1.807, 2.05) is 123 Å². The van der Waals surface area contributed by atoms with E-state index < -0.39 is 12.1 Å². The van der Waals surface area contributed by atoms with Gasteiger partial charge in [-0.2, -0.15) is 0 Å². The van der Waals surface area contributed by atoms with Gasteiger partial charge >= 0.3 is 0 Å². The number of aromatic nitrogens is 4. The molecule has 2 fully saturated rings. The van der Waals surface area contributed by atoms with Gasteiger partial charge in [0.2, 0.25) is 23.6 Å².